The molecule has 4 nitrogen and oxygen atoms in total. The van der Waals surface area contributed by atoms with Crippen molar-refractivity contribution in [2.45, 2.75) is 19.9 Å². The summed E-state index contributed by atoms with van der Waals surface area (Å²) in [4.78, 5) is 21.2. The zero-order valence-corrected chi connectivity index (χ0v) is 14.5. The zero-order chi connectivity index (χ0) is 16.4. The van der Waals surface area contributed by atoms with Gasteiger partial charge in [0.15, 0.2) is 5.65 Å². The molecule has 0 spiro atoms. The fourth-order valence-corrected chi connectivity index (χ4v) is 2.70. The lowest BCUT2D eigenvalue weighted by Gasteiger charge is -2.15. The van der Waals surface area contributed by atoms with E-state index in [1.807, 2.05) is 56.3 Å². The summed E-state index contributed by atoms with van der Waals surface area (Å²) in [5.74, 6) is -0.129. The van der Waals surface area contributed by atoms with Gasteiger partial charge in [-0.1, -0.05) is 28.1 Å². The van der Waals surface area contributed by atoms with Crippen LogP contribution in [0, 0.1) is 6.92 Å². The lowest BCUT2D eigenvalue weighted by molar-refractivity contribution is 0.0939. The number of benzene rings is 1. The molecule has 3 aromatic rings. The van der Waals surface area contributed by atoms with Crippen LogP contribution in [0.1, 0.15) is 34.6 Å². The number of aromatic nitrogens is 2. The highest BCUT2D eigenvalue weighted by atomic mass is 79.9. The topological polar surface area (TPSA) is 54.9 Å². The molecule has 0 bridgehead atoms. The Bertz CT molecular complexity index is 862. The molecule has 2 aromatic heterocycles. The highest BCUT2D eigenvalue weighted by Gasteiger charge is 2.15. The molecule has 0 aliphatic rings. The number of pyridine rings is 2. The van der Waals surface area contributed by atoms with E-state index < -0.39 is 0 Å². The third-order valence-corrected chi connectivity index (χ3v) is 4.27. The van der Waals surface area contributed by atoms with Crippen LogP contribution in [0.5, 0.6) is 0 Å². The maximum absolute atomic E-state index is 12.6. The minimum atomic E-state index is -0.129. The van der Waals surface area contributed by atoms with Crippen LogP contribution in [0.15, 0.2) is 53.1 Å². The molecular weight excluding hydrogens is 354 g/mol. The SMILES string of the molecule is Cc1nc2ncccc2cc1C(=O)N[C@@H](C)c1ccc(Br)cc1. The summed E-state index contributed by atoms with van der Waals surface area (Å²) in [6, 6.07) is 13.4. The van der Waals surface area contributed by atoms with Gasteiger partial charge in [0.25, 0.3) is 5.91 Å². The second kappa shape index (κ2) is 6.46. The van der Waals surface area contributed by atoms with Gasteiger partial charge in [-0.05, 0) is 49.7 Å². The molecule has 1 N–H and O–H groups in total. The molecule has 1 aromatic carbocycles. The number of aryl methyl sites for hydroxylation is 1. The van der Waals surface area contributed by atoms with Crippen molar-refractivity contribution in [2.75, 3.05) is 0 Å². The predicted molar refractivity (Wildman–Crippen MR) is 94.3 cm³/mol. The minimum absolute atomic E-state index is 0.0837. The second-order valence-electron chi connectivity index (χ2n) is 5.42. The number of fused-ring (bicyclic) bond motifs is 1. The monoisotopic (exact) mass is 369 g/mol. The van der Waals surface area contributed by atoms with Crippen molar-refractivity contribution in [1.82, 2.24) is 15.3 Å². The van der Waals surface area contributed by atoms with Gasteiger partial charge in [0.05, 0.1) is 17.3 Å². The molecule has 116 valence electrons. The van der Waals surface area contributed by atoms with Gasteiger partial charge in [-0.2, -0.15) is 0 Å². The zero-order valence-electron chi connectivity index (χ0n) is 12.9. The number of amides is 1. The molecule has 3 rings (SSSR count). The van der Waals surface area contributed by atoms with Gasteiger partial charge < -0.3 is 5.32 Å². The van der Waals surface area contributed by atoms with Crippen LogP contribution in [0.3, 0.4) is 0 Å². The van der Waals surface area contributed by atoms with Crippen LogP contribution in [-0.4, -0.2) is 15.9 Å². The van der Waals surface area contributed by atoms with E-state index in [1.165, 1.54) is 0 Å². The van der Waals surface area contributed by atoms with Crippen molar-refractivity contribution in [3.05, 3.63) is 70.0 Å². The average molecular weight is 370 g/mol. The second-order valence-corrected chi connectivity index (χ2v) is 6.33. The maximum atomic E-state index is 12.6. The molecule has 1 atom stereocenters. The molecule has 1 amide bonds. The smallest absolute Gasteiger partial charge is 0.253 e. The molecule has 0 saturated carbocycles. The van der Waals surface area contributed by atoms with Crippen molar-refractivity contribution in [1.29, 1.82) is 0 Å². The minimum Gasteiger partial charge on any atom is -0.345 e. The van der Waals surface area contributed by atoms with Crippen molar-refractivity contribution in [2.24, 2.45) is 0 Å². The Morgan fingerprint density at radius 2 is 1.96 bits per heavy atom. The maximum Gasteiger partial charge on any atom is 0.253 e. The molecule has 2 heterocycles. The quantitative estimate of drug-likeness (QED) is 0.752. The molecule has 0 radical (unpaired) electrons. The van der Waals surface area contributed by atoms with E-state index in [4.69, 9.17) is 0 Å². The molecule has 23 heavy (non-hydrogen) atoms. The average Bonchev–Trinajstić information content (AvgIpc) is 2.54. The highest BCUT2D eigenvalue weighted by Crippen LogP contribution is 2.19. The van der Waals surface area contributed by atoms with Crippen LogP contribution in [0.2, 0.25) is 0 Å². The van der Waals surface area contributed by atoms with Gasteiger partial charge in [0.1, 0.15) is 0 Å². The first-order valence-corrected chi connectivity index (χ1v) is 8.12. The Kier molecular flexibility index (Phi) is 4.39. The first-order valence-electron chi connectivity index (χ1n) is 7.33. The number of hydrogen-bond acceptors (Lipinski definition) is 3. The summed E-state index contributed by atoms with van der Waals surface area (Å²) in [6.07, 6.45) is 1.70. The summed E-state index contributed by atoms with van der Waals surface area (Å²) in [5, 5.41) is 3.88. The van der Waals surface area contributed by atoms with Gasteiger partial charge in [0.2, 0.25) is 0 Å². The first kappa shape index (κ1) is 15.6. The van der Waals surface area contributed by atoms with Crippen LogP contribution >= 0.6 is 15.9 Å². The number of halogens is 1. The lowest BCUT2D eigenvalue weighted by Crippen LogP contribution is -2.27. The van der Waals surface area contributed by atoms with Crippen LogP contribution in [0.4, 0.5) is 0 Å². The van der Waals surface area contributed by atoms with Gasteiger partial charge in [0, 0.05) is 16.1 Å². The van der Waals surface area contributed by atoms with E-state index in [1.54, 1.807) is 6.20 Å². The van der Waals surface area contributed by atoms with Crippen molar-refractivity contribution in [3.63, 3.8) is 0 Å². The third kappa shape index (κ3) is 3.40. The predicted octanol–water partition coefficient (Wildman–Crippen LogP) is 4.19. The van der Waals surface area contributed by atoms with Crippen LogP contribution in [-0.2, 0) is 0 Å². The molecule has 0 aliphatic heterocycles. The highest BCUT2D eigenvalue weighted by molar-refractivity contribution is 9.10. The molecule has 0 aliphatic carbocycles. The van der Waals surface area contributed by atoms with Crippen molar-refractivity contribution >= 4 is 32.9 Å². The Labute approximate surface area is 143 Å². The summed E-state index contributed by atoms with van der Waals surface area (Å²) >= 11 is 3.41. The Balaban J connectivity index is 1.85. The van der Waals surface area contributed by atoms with Crippen molar-refractivity contribution < 1.29 is 4.79 Å². The van der Waals surface area contributed by atoms with Gasteiger partial charge in [-0.25, -0.2) is 9.97 Å². The molecular formula is C18H16BrN3O. The number of nitrogens with one attached hydrogen (secondary N) is 1. The largest absolute Gasteiger partial charge is 0.345 e. The molecule has 0 unspecified atom stereocenters. The lowest BCUT2D eigenvalue weighted by atomic mass is 10.1. The number of carbonyl (C=O) groups is 1. The summed E-state index contributed by atoms with van der Waals surface area (Å²) in [7, 11) is 0. The van der Waals surface area contributed by atoms with E-state index in [-0.39, 0.29) is 11.9 Å². The number of nitrogens with zero attached hydrogens (tertiary/aromatic N) is 2. The fourth-order valence-electron chi connectivity index (χ4n) is 2.43. The van der Waals surface area contributed by atoms with Crippen LogP contribution < -0.4 is 5.32 Å². The van der Waals surface area contributed by atoms with Crippen LogP contribution in [0.25, 0.3) is 11.0 Å². The normalized spacial score (nSPS) is 12.1. The van der Waals surface area contributed by atoms with Crippen molar-refractivity contribution in [3.8, 4) is 0 Å². The Morgan fingerprint density at radius 1 is 1.22 bits per heavy atom. The Morgan fingerprint density at radius 3 is 2.70 bits per heavy atom. The number of hydrogen-bond donors (Lipinski definition) is 1. The van der Waals surface area contributed by atoms with E-state index in [9.17, 15) is 4.79 Å². The van der Waals surface area contributed by atoms with E-state index in [2.05, 4.69) is 31.2 Å². The van der Waals surface area contributed by atoms with Gasteiger partial charge >= 0.3 is 0 Å². The van der Waals surface area contributed by atoms with Gasteiger partial charge in [-0.15, -0.1) is 0 Å². The first-order chi connectivity index (χ1) is 11.0. The van der Waals surface area contributed by atoms with E-state index in [0.717, 1.165) is 15.4 Å². The van der Waals surface area contributed by atoms with E-state index >= 15 is 0 Å². The van der Waals surface area contributed by atoms with E-state index in [0.29, 0.717) is 16.9 Å². The van der Waals surface area contributed by atoms with Gasteiger partial charge in [-0.3, -0.25) is 4.79 Å². The number of carbonyl (C=O) groups excluding carboxylic acids is 1. The molecule has 5 heteroatoms. The fraction of sp³-hybridized carbons (Fsp3) is 0.167. The summed E-state index contributed by atoms with van der Waals surface area (Å²) < 4.78 is 1.02. The standard InChI is InChI=1S/C18H16BrN3O/c1-11(13-5-7-15(19)8-6-13)22-18(23)16-10-14-4-3-9-20-17(14)21-12(16)2/h3-11H,1-2H3,(H,22,23)/t11-/m0/s1. The number of rotatable bonds is 3. The molecule has 0 fully saturated rings. The summed E-state index contributed by atoms with van der Waals surface area (Å²) in [6.45, 7) is 3.79. The summed E-state index contributed by atoms with van der Waals surface area (Å²) in [5.41, 5.74) is 2.96. The Hall–Kier alpha value is -2.27. The molecule has 0 saturated heterocycles. The third-order valence-electron chi connectivity index (χ3n) is 3.74.